The number of benzene rings is 1. The first-order valence-electron chi connectivity index (χ1n) is 4.74. The molecule has 1 aromatic carbocycles. The summed E-state index contributed by atoms with van der Waals surface area (Å²) >= 11 is 0. The number of carbonyl (C=O) groups excluding carboxylic acids is 1. The molecule has 0 aliphatic carbocycles. The fourth-order valence-electron chi connectivity index (χ4n) is 1.13. The number of unbranched alkanes of at least 4 members (excludes halogenated alkanes) is 1. The van der Waals surface area contributed by atoms with Gasteiger partial charge < -0.3 is 5.11 Å². The van der Waals surface area contributed by atoms with Gasteiger partial charge in [-0.05, 0) is 24.6 Å². The summed E-state index contributed by atoms with van der Waals surface area (Å²) in [7, 11) is 0. The molecule has 1 rings (SSSR count). The third-order valence-electron chi connectivity index (χ3n) is 1.89. The molecule has 0 atom stereocenters. The highest BCUT2D eigenvalue weighted by Gasteiger charge is 2.05. The third-order valence-corrected chi connectivity index (χ3v) is 1.89. The van der Waals surface area contributed by atoms with E-state index < -0.39 is 0 Å². The Bertz CT molecular complexity index is 340. The van der Waals surface area contributed by atoms with Gasteiger partial charge in [-0.3, -0.25) is 4.79 Å². The fraction of sp³-hybridized carbons (Fsp3) is 0.250. The molecule has 2 heteroatoms. The molecule has 1 N–H and O–H groups in total. The van der Waals surface area contributed by atoms with Crippen LogP contribution in [0, 0.1) is 0 Å². The van der Waals surface area contributed by atoms with E-state index in [1.54, 1.807) is 18.2 Å². The number of hydrogen-bond acceptors (Lipinski definition) is 2. The van der Waals surface area contributed by atoms with Gasteiger partial charge in [0.05, 0.1) is 5.56 Å². The van der Waals surface area contributed by atoms with Crippen LogP contribution in [0.15, 0.2) is 36.4 Å². The van der Waals surface area contributed by atoms with Crippen molar-refractivity contribution in [2.75, 3.05) is 0 Å². The minimum absolute atomic E-state index is 0.0404. The highest BCUT2D eigenvalue weighted by atomic mass is 16.3. The van der Waals surface area contributed by atoms with Gasteiger partial charge in [0.1, 0.15) is 5.75 Å². The molecule has 0 aliphatic heterocycles. The van der Waals surface area contributed by atoms with Crippen molar-refractivity contribution in [3.63, 3.8) is 0 Å². The Morgan fingerprint density at radius 3 is 2.79 bits per heavy atom. The predicted molar refractivity (Wildman–Crippen MR) is 56.5 cm³/mol. The number of allylic oxidation sites excluding steroid dienone is 2. The molecule has 2 nitrogen and oxygen atoms in total. The van der Waals surface area contributed by atoms with Gasteiger partial charge in [0.15, 0.2) is 5.78 Å². The van der Waals surface area contributed by atoms with Gasteiger partial charge in [-0.25, -0.2) is 0 Å². The maximum Gasteiger partial charge on any atom is 0.189 e. The van der Waals surface area contributed by atoms with E-state index in [0.717, 1.165) is 12.8 Å². The van der Waals surface area contributed by atoms with E-state index in [1.807, 2.05) is 6.08 Å². The van der Waals surface area contributed by atoms with Crippen LogP contribution in [0.1, 0.15) is 30.1 Å². The zero-order chi connectivity index (χ0) is 10.4. The molecule has 1 aromatic rings. The minimum Gasteiger partial charge on any atom is -0.507 e. The van der Waals surface area contributed by atoms with Crippen LogP contribution < -0.4 is 0 Å². The number of hydrogen-bond donors (Lipinski definition) is 1. The first-order chi connectivity index (χ1) is 6.75. The van der Waals surface area contributed by atoms with Crippen molar-refractivity contribution in [3.8, 4) is 5.75 Å². The van der Waals surface area contributed by atoms with Gasteiger partial charge in [0, 0.05) is 0 Å². The molecule has 0 aliphatic rings. The van der Waals surface area contributed by atoms with Crippen LogP contribution in [-0.2, 0) is 0 Å². The van der Waals surface area contributed by atoms with E-state index in [-0.39, 0.29) is 11.5 Å². The number of rotatable bonds is 4. The van der Waals surface area contributed by atoms with E-state index in [1.165, 1.54) is 12.1 Å². The van der Waals surface area contributed by atoms with E-state index in [0.29, 0.717) is 5.56 Å². The number of para-hydroxylation sites is 1. The van der Waals surface area contributed by atoms with Gasteiger partial charge in [-0.15, -0.1) is 0 Å². The predicted octanol–water partition coefficient (Wildman–Crippen LogP) is 2.93. The van der Waals surface area contributed by atoms with Crippen molar-refractivity contribution >= 4 is 5.78 Å². The Labute approximate surface area is 83.9 Å². The number of aromatic hydroxyl groups is 1. The number of carbonyl (C=O) groups is 1. The Kier molecular flexibility index (Phi) is 3.92. The zero-order valence-electron chi connectivity index (χ0n) is 8.23. The van der Waals surface area contributed by atoms with Crippen LogP contribution >= 0.6 is 0 Å². The summed E-state index contributed by atoms with van der Waals surface area (Å²) in [5, 5.41) is 9.38. The first kappa shape index (κ1) is 10.5. The van der Waals surface area contributed by atoms with Crippen LogP contribution in [0.2, 0.25) is 0 Å². The highest BCUT2D eigenvalue weighted by molar-refractivity contribution is 6.06. The second-order valence-corrected chi connectivity index (χ2v) is 3.07. The van der Waals surface area contributed by atoms with Crippen molar-refractivity contribution < 1.29 is 9.90 Å². The van der Waals surface area contributed by atoms with Gasteiger partial charge in [0.2, 0.25) is 0 Å². The normalized spacial score (nSPS) is 10.6. The SMILES string of the molecule is CCCC=CC(=O)c1ccccc1O. The molecule has 0 heterocycles. The van der Waals surface area contributed by atoms with Crippen molar-refractivity contribution in [1.82, 2.24) is 0 Å². The zero-order valence-corrected chi connectivity index (χ0v) is 8.23. The topological polar surface area (TPSA) is 37.3 Å². The number of phenolic OH excluding ortho intramolecular Hbond substituents is 1. The van der Waals surface area contributed by atoms with Gasteiger partial charge in [-0.1, -0.05) is 31.6 Å². The van der Waals surface area contributed by atoms with Crippen molar-refractivity contribution in [3.05, 3.63) is 42.0 Å². The lowest BCUT2D eigenvalue weighted by Gasteiger charge is -1.98. The quantitative estimate of drug-likeness (QED) is 0.585. The Morgan fingerprint density at radius 2 is 2.14 bits per heavy atom. The molecule has 0 spiro atoms. The maximum absolute atomic E-state index is 11.5. The van der Waals surface area contributed by atoms with Gasteiger partial charge in [0.25, 0.3) is 0 Å². The van der Waals surface area contributed by atoms with Crippen LogP contribution in [-0.4, -0.2) is 10.9 Å². The van der Waals surface area contributed by atoms with E-state index in [4.69, 9.17) is 0 Å². The molecule has 14 heavy (non-hydrogen) atoms. The molecule has 74 valence electrons. The van der Waals surface area contributed by atoms with Gasteiger partial charge in [-0.2, -0.15) is 0 Å². The number of phenols is 1. The van der Waals surface area contributed by atoms with Crippen LogP contribution in [0.5, 0.6) is 5.75 Å². The molecule has 0 saturated carbocycles. The number of ketones is 1. The Balaban J connectivity index is 2.75. The molecular weight excluding hydrogens is 176 g/mol. The van der Waals surface area contributed by atoms with Crippen LogP contribution in [0.25, 0.3) is 0 Å². The lowest BCUT2D eigenvalue weighted by molar-refractivity contribution is 0.104. The molecule has 0 aromatic heterocycles. The van der Waals surface area contributed by atoms with E-state index >= 15 is 0 Å². The average molecular weight is 190 g/mol. The molecule has 0 fully saturated rings. The summed E-state index contributed by atoms with van der Waals surface area (Å²) in [6.07, 6.45) is 5.25. The highest BCUT2D eigenvalue weighted by Crippen LogP contribution is 2.16. The van der Waals surface area contributed by atoms with Crippen molar-refractivity contribution in [1.29, 1.82) is 0 Å². The summed E-state index contributed by atoms with van der Waals surface area (Å²) < 4.78 is 0. The summed E-state index contributed by atoms with van der Waals surface area (Å²) in [4.78, 5) is 11.5. The summed E-state index contributed by atoms with van der Waals surface area (Å²) in [5.41, 5.74) is 0.361. The Hall–Kier alpha value is -1.57. The third kappa shape index (κ3) is 2.73. The van der Waals surface area contributed by atoms with Crippen LogP contribution in [0.4, 0.5) is 0 Å². The van der Waals surface area contributed by atoms with Gasteiger partial charge >= 0.3 is 0 Å². The molecule has 0 bridgehead atoms. The lowest BCUT2D eigenvalue weighted by Crippen LogP contribution is -1.93. The molecule has 0 unspecified atom stereocenters. The molecular formula is C12H14O2. The van der Waals surface area contributed by atoms with Crippen molar-refractivity contribution in [2.45, 2.75) is 19.8 Å². The van der Waals surface area contributed by atoms with E-state index in [2.05, 4.69) is 6.92 Å². The lowest BCUT2D eigenvalue weighted by atomic mass is 10.1. The molecule has 0 amide bonds. The first-order valence-corrected chi connectivity index (χ1v) is 4.74. The Morgan fingerprint density at radius 1 is 1.43 bits per heavy atom. The van der Waals surface area contributed by atoms with E-state index in [9.17, 15) is 9.90 Å². The maximum atomic E-state index is 11.5. The molecule has 0 saturated heterocycles. The second kappa shape index (κ2) is 5.22. The largest absolute Gasteiger partial charge is 0.507 e. The summed E-state index contributed by atoms with van der Waals surface area (Å²) in [6, 6.07) is 6.57. The summed E-state index contributed by atoms with van der Waals surface area (Å²) in [6.45, 7) is 2.05. The fourth-order valence-corrected chi connectivity index (χ4v) is 1.13. The van der Waals surface area contributed by atoms with Crippen molar-refractivity contribution in [2.24, 2.45) is 0 Å². The standard InChI is InChI=1S/C12H14O2/c1-2-3-4-8-11(13)10-7-5-6-9-12(10)14/h4-9,14H,2-3H2,1H3. The minimum atomic E-state index is -0.142. The molecule has 0 radical (unpaired) electrons. The second-order valence-electron chi connectivity index (χ2n) is 3.07. The summed E-state index contributed by atoms with van der Waals surface area (Å²) in [5.74, 6) is -0.102. The average Bonchev–Trinajstić information content (AvgIpc) is 2.18. The monoisotopic (exact) mass is 190 g/mol. The smallest absolute Gasteiger partial charge is 0.189 e. The van der Waals surface area contributed by atoms with Crippen LogP contribution in [0.3, 0.4) is 0 Å².